The third kappa shape index (κ3) is 3.16. The quantitative estimate of drug-likeness (QED) is 0.736. The number of aliphatic hydroxyl groups is 1. The SMILES string of the molecule is OCC1CCCC1NCC1CCCOC1. The van der Waals surface area contributed by atoms with E-state index in [1.807, 2.05) is 0 Å². The Kier molecular flexibility index (Phi) is 4.42. The van der Waals surface area contributed by atoms with Crippen molar-refractivity contribution in [3.63, 3.8) is 0 Å². The fourth-order valence-corrected chi connectivity index (χ4v) is 2.81. The van der Waals surface area contributed by atoms with Crippen molar-refractivity contribution in [3.05, 3.63) is 0 Å². The van der Waals surface area contributed by atoms with Crippen molar-refractivity contribution in [2.75, 3.05) is 26.4 Å². The topological polar surface area (TPSA) is 41.5 Å². The maximum atomic E-state index is 9.21. The van der Waals surface area contributed by atoms with Crippen LogP contribution < -0.4 is 5.32 Å². The summed E-state index contributed by atoms with van der Waals surface area (Å²) in [5.74, 6) is 1.19. The van der Waals surface area contributed by atoms with E-state index in [0.29, 0.717) is 24.5 Å². The van der Waals surface area contributed by atoms with Gasteiger partial charge in [-0.1, -0.05) is 6.42 Å². The molecule has 0 aromatic rings. The number of nitrogens with one attached hydrogen (secondary N) is 1. The van der Waals surface area contributed by atoms with Crippen molar-refractivity contribution >= 4 is 0 Å². The maximum absolute atomic E-state index is 9.21. The van der Waals surface area contributed by atoms with Gasteiger partial charge >= 0.3 is 0 Å². The molecule has 1 saturated heterocycles. The molecule has 2 rings (SSSR count). The number of rotatable bonds is 4. The molecule has 0 aromatic heterocycles. The predicted molar refractivity (Wildman–Crippen MR) is 59.8 cm³/mol. The summed E-state index contributed by atoms with van der Waals surface area (Å²) in [6.45, 7) is 3.28. The van der Waals surface area contributed by atoms with Gasteiger partial charge in [-0.25, -0.2) is 0 Å². The van der Waals surface area contributed by atoms with Crippen LogP contribution in [0.25, 0.3) is 0 Å². The molecule has 2 aliphatic rings. The highest BCUT2D eigenvalue weighted by atomic mass is 16.5. The molecule has 15 heavy (non-hydrogen) atoms. The Morgan fingerprint density at radius 1 is 1.20 bits per heavy atom. The molecule has 3 nitrogen and oxygen atoms in total. The summed E-state index contributed by atoms with van der Waals surface area (Å²) < 4.78 is 5.46. The number of ether oxygens (including phenoxy) is 1. The largest absolute Gasteiger partial charge is 0.396 e. The van der Waals surface area contributed by atoms with E-state index in [1.165, 1.54) is 32.1 Å². The molecule has 3 heteroatoms. The standard InChI is InChI=1S/C12H23NO2/c14-8-11-4-1-5-12(11)13-7-10-3-2-6-15-9-10/h10-14H,1-9H2. The van der Waals surface area contributed by atoms with Gasteiger partial charge in [-0.2, -0.15) is 0 Å². The van der Waals surface area contributed by atoms with Crippen LogP contribution in [0.4, 0.5) is 0 Å². The van der Waals surface area contributed by atoms with E-state index in [-0.39, 0.29) is 0 Å². The van der Waals surface area contributed by atoms with Gasteiger partial charge in [-0.05, 0) is 37.5 Å². The molecular weight excluding hydrogens is 190 g/mol. The summed E-state index contributed by atoms with van der Waals surface area (Å²) in [5, 5.41) is 12.8. The Balaban J connectivity index is 1.67. The van der Waals surface area contributed by atoms with Gasteiger partial charge in [0.25, 0.3) is 0 Å². The van der Waals surface area contributed by atoms with Crippen molar-refractivity contribution in [1.29, 1.82) is 0 Å². The lowest BCUT2D eigenvalue weighted by atomic mass is 10.00. The van der Waals surface area contributed by atoms with Crippen LogP contribution in [0.15, 0.2) is 0 Å². The second-order valence-electron chi connectivity index (χ2n) is 4.97. The molecule has 1 saturated carbocycles. The Morgan fingerprint density at radius 2 is 2.13 bits per heavy atom. The smallest absolute Gasteiger partial charge is 0.0506 e. The van der Waals surface area contributed by atoms with Crippen LogP contribution in [0.3, 0.4) is 0 Å². The Morgan fingerprint density at radius 3 is 2.87 bits per heavy atom. The minimum Gasteiger partial charge on any atom is -0.396 e. The zero-order valence-corrected chi connectivity index (χ0v) is 9.45. The van der Waals surface area contributed by atoms with Crippen molar-refractivity contribution in [2.45, 2.75) is 38.1 Å². The lowest BCUT2D eigenvalue weighted by molar-refractivity contribution is 0.0527. The van der Waals surface area contributed by atoms with E-state index in [1.54, 1.807) is 0 Å². The van der Waals surface area contributed by atoms with Crippen LogP contribution in [0.2, 0.25) is 0 Å². The van der Waals surface area contributed by atoms with E-state index >= 15 is 0 Å². The first-order valence-electron chi connectivity index (χ1n) is 6.32. The molecule has 1 heterocycles. The number of aliphatic hydroxyl groups excluding tert-OH is 1. The van der Waals surface area contributed by atoms with Crippen LogP contribution in [-0.4, -0.2) is 37.5 Å². The first-order chi connectivity index (χ1) is 7.40. The van der Waals surface area contributed by atoms with Gasteiger partial charge in [-0.3, -0.25) is 0 Å². The summed E-state index contributed by atoms with van der Waals surface area (Å²) in [6, 6.07) is 0.553. The zero-order valence-electron chi connectivity index (χ0n) is 9.45. The minimum atomic E-state index is 0.346. The second-order valence-corrected chi connectivity index (χ2v) is 4.97. The molecule has 0 radical (unpaired) electrons. The third-order valence-electron chi connectivity index (χ3n) is 3.82. The van der Waals surface area contributed by atoms with Gasteiger partial charge in [0, 0.05) is 25.8 Å². The molecule has 2 fully saturated rings. The molecule has 2 N–H and O–H groups in total. The van der Waals surface area contributed by atoms with Crippen molar-refractivity contribution in [2.24, 2.45) is 11.8 Å². The summed E-state index contributed by atoms with van der Waals surface area (Å²) in [4.78, 5) is 0. The summed E-state index contributed by atoms with van der Waals surface area (Å²) >= 11 is 0. The lowest BCUT2D eigenvalue weighted by Crippen LogP contribution is -2.39. The van der Waals surface area contributed by atoms with Gasteiger partial charge in [0.15, 0.2) is 0 Å². The number of hydrogen-bond acceptors (Lipinski definition) is 3. The second kappa shape index (κ2) is 5.83. The van der Waals surface area contributed by atoms with Crippen molar-refractivity contribution in [3.8, 4) is 0 Å². The van der Waals surface area contributed by atoms with Gasteiger partial charge in [-0.15, -0.1) is 0 Å². The Bertz CT molecular complexity index is 180. The van der Waals surface area contributed by atoms with E-state index in [0.717, 1.165) is 19.8 Å². The van der Waals surface area contributed by atoms with E-state index < -0.39 is 0 Å². The first kappa shape index (κ1) is 11.4. The van der Waals surface area contributed by atoms with E-state index in [2.05, 4.69) is 5.32 Å². The molecule has 0 bridgehead atoms. The average Bonchev–Trinajstić information content (AvgIpc) is 2.75. The lowest BCUT2D eigenvalue weighted by Gasteiger charge is -2.26. The summed E-state index contributed by atoms with van der Waals surface area (Å²) in [7, 11) is 0. The van der Waals surface area contributed by atoms with Gasteiger partial charge < -0.3 is 15.2 Å². The third-order valence-corrected chi connectivity index (χ3v) is 3.82. The van der Waals surface area contributed by atoms with Crippen LogP contribution >= 0.6 is 0 Å². The van der Waals surface area contributed by atoms with Crippen molar-refractivity contribution in [1.82, 2.24) is 5.32 Å². The van der Waals surface area contributed by atoms with Crippen LogP contribution in [0, 0.1) is 11.8 Å². The van der Waals surface area contributed by atoms with Crippen molar-refractivity contribution < 1.29 is 9.84 Å². The highest BCUT2D eigenvalue weighted by molar-refractivity contribution is 4.83. The molecule has 0 spiro atoms. The molecular formula is C12H23NO2. The van der Waals surface area contributed by atoms with Crippen LogP contribution in [0.1, 0.15) is 32.1 Å². The zero-order chi connectivity index (χ0) is 10.5. The highest BCUT2D eigenvalue weighted by Gasteiger charge is 2.26. The highest BCUT2D eigenvalue weighted by Crippen LogP contribution is 2.25. The summed E-state index contributed by atoms with van der Waals surface area (Å²) in [5.41, 5.74) is 0. The van der Waals surface area contributed by atoms with Crippen LogP contribution in [-0.2, 0) is 4.74 Å². The Labute approximate surface area is 92.2 Å². The normalized spacial score (nSPS) is 37.0. The molecule has 0 amide bonds. The molecule has 3 atom stereocenters. The molecule has 1 aliphatic heterocycles. The van der Waals surface area contributed by atoms with E-state index in [9.17, 15) is 5.11 Å². The maximum Gasteiger partial charge on any atom is 0.0506 e. The minimum absolute atomic E-state index is 0.346. The fraction of sp³-hybridized carbons (Fsp3) is 1.00. The van der Waals surface area contributed by atoms with E-state index in [4.69, 9.17) is 4.74 Å². The van der Waals surface area contributed by atoms with Gasteiger partial charge in [0.05, 0.1) is 6.61 Å². The molecule has 1 aliphatic carbocycles. The number of hydrogen-bond donors (Lipinski definition) is 2. The molecule has 0 aromatic carbocycles. The fourth-order valence-electron chi connectivity index (χ4n) is 2.81. The van der Waals surface area contributed by atoms with Gasteiger partial charge in [0.1, 0.15) is 0 Å². The molecule has 3 unspecified atom stereocenters. The van der Waals surface area contributed by atoms with Crippen LogP contribution in [0.5, 0.6) is 0 Å². The average molecular weight is 213 g/mol. The Hall–Kier alpha value is -0.120. The molecule has 88 valence electrons. The first-order valence-corrected chi connectivity index (χ1v) is 6.32. The monoisotopic (exact) mass is 213 g/mol. The predicted octanol–water partition coefficient (Wildman–Crippen LogP) is 1.16. The summed E-state index contributed by atoms with van der Waals surface area (Å²) in [6.07, 6.45) is 6.20. The van der Waals surface area contributed by atoms with Gasteiger partial charge in [0.2, 0.25) is 0 Å².